The molecule has 122 valence electrons. The lowest BCUT2D eigenvalue weighted by Crippen LogP contribution is -2.24. The molecular weight excluding hydrogens is 324 g/mol. The van der Waals surface area contributed by atoms with E-state index in [-0.39, 0.29) is 6.04 Å². The van der Waals surface area contributed by atoms with Crippen molar-refractivity contribution >= 4 is 27.3 Å². The van der Waals surface area contributed by atoms with E-state index in [0.29, 0.717) is 22.2 Å². The van der Waals surface area contributed by atoms with Gasteiger partial charge in [-0.25, -0.2) is 8.42 Å². The predicted octanol–water partition coefficient (Wildman–Crippen LogP) is 3.06. The second-order valence-electron chi connectivity index (χ2n) is 5.31. The van der Waals surface area contributed by atoms with Crippen LogP contribution in [0.3, 0.4) is 0 Å². The lowest BCUT2D eigenvalue weighted by atomic mass is 9.98. The van der Waals surface area contributed by atoms with Gasteiger partial charge in [0, 0.05) is 18.7 Å². The largest absolute Gasteiger partial charge is 0.385 e. The first-order valence-electron chi connectivity index (χ1n) is 7.09. The lowest BCUT2D eigenvalue weighted by Gasteiger charge is -2.21. The quantitative estimate of drug-likeness (QED) is 0.805. The van der Waals surface area contributed by atoms with Gasteiger partial charge in [0.25, 0.3) is 10.0 Å². The molecule has 7 heteroatoms. The average molecular weight is 345 g/mol. The Balaban J connectivity index is 2.42. The van der Waals surface area contributed by atoms with E-state index < -0.39 is 10.0 Å². The Bertz CT molecular complexity index is 686. The van der Waals surface area contributed by atoms with Crippen molar-refractivity contribution in [2.75, 3.05) is 25.0 Å². The van der Waals surface area contributed by atoms with Crippen LogP contribution in [0.15, 0.2) is 28.7 Å². The second kappa shape index (κ2) is 7.00. The maximum absolute atomic E-state index is 12.3. The Morgan fingerprint density at radius 3 is 2.77 bits per heavy atom. The van der Waals surface area contributed by atoms with E-state index in [1.807, 2.05) is 13.0 Å². The Kier molecular flexibility index (Phi) is 5.50. The number of ether oxygens (including phenoxy) is 1. The standard InChI is InChI=1S/C15H21ClN2O3S/c1-10-11(2)22(19,20)18-14-9-12(16)5-6-13(14)15(10)17-7-4-8-21-3/h5-6,9,15,17-18H,4,7-8H2,1-3H3. The lowest BCUT2D eigenvalue weighted by molar-refractivity contribution is 0.193. The molecule has 0 fully saturated rings. The number of nitrogens with one attached hydrogen (secondary N) is 2. The molecule has 0 spiro atoms. The smallest absolute Gasteiger partial charge is 0.257 e. The minimum absolute atomic E-state index is 0.172. The van der Waals surface area contributed by atoms with E-state index in [1.54, 1.807) is 26.2 Å². The first kappa shape index (κ1) is 17.3. The summed E-state index contributed by atoms with van der Waals surface area (Å²) in [6.07, 6.45) is 0.850. The molecule has 2 N–H and O–H groups in total. The highest BCUT2D eigenvalue weighted by Crippen LogP contribution is 2.37. The number of sulfonamides is 1. The summed E-state index contributed by atoms with van der Waals surface area (Å²) in [5, 5.41) is 3.90. The van der Waals surface area contributed by atoms with Gasteiger partial charge in [-0.2, -0.15) is 0 Å². The molecule has 2 rings (SSSR count). The topological polar surface area (TPSA) is 67.4 Å². The number of methoxy groups -OCH3 is 1. The maximum atomic E-state index is 12.3. The van der Waals surface area contributed by atoms with Gasteiger partial charge >= 0.3 is 0 Å². The molecule has 5 nitrogen and oxygen atoms in total. The minimum Gasteiger partial charge on any atom is -0.385 e. The van der Waals surface area contributed by atoms with Crippen LogP contribution < -0.4 is 10.0 Å². The van der Waals surface area contributed by atoms with Crippen molar-refractivity contribution in [3.63, 3.8) is 0 Å². The minimum atomic E-state index is -3.54. The van der Waals surface area contributed by atoms with Crippen molar-refractivity contribution in [2.45, 2.75) is 26.3 Å². The molecule has 1 aromatic rings. The Hall–Kier alpha value is -1.08. The fourth-order valence-electron chi connectivity index (χ4n) is 2.46. The molecule has 1 aromatic carbocycles. The molecule has 0 amide bonds. The highest BCUT2D eigenvalue weighted by atomic mass is 35.5. The van der Waals surface area contributed by atoms with E-state index >= 15 is 0 Å². The van der Waals surface area contributed by atoms with Crippen LogP contribution in [0.2, 0.25) is 5.02 Å². The highest BCUT2D eigenvalue weighted by Gasteiger charge is 2.28. The molecule has 1 atom stereocenters. The number of halogens is 1. The van der Waals surface area contributed by atoms with Gasteiger partial charge in [-0.15, -0.1) is 0 Å². The normalized spacial score (nSPS) is 20.3. The zero-order valence-corrected chi connectivity index (χ0v) is 14.5. The number of hydrogen-bond donors (Lipinski definition) is 2. The number of allylic oxidation sites excluding steroid dienone is 1. The van der Waals surface area contributed by atoms with Crippen molar-refractivity contribution in [2.24, 2.45) is 0 Å². The summed E-state index contributed by atoms with van der Waals surface area (Å²) in [5.74, 6) is 0. The predicted molar refractivity (Wildman–Crippen MR) is 89.6 cm³/mol. The molecule has 0 saturated heterocycles. The van der Waals surface area contributed by atoms with Crippen molar-refractivity contribution in [1.29, 1.82) is 0 Å². The molecule has 0 radical (unpaired) electrons. The van der Waals surface area contributed by atoms with E-state index in [1.165, 1.54) is 0 Å². The van der Waals surface area contributed by atoms with Gasteiger partial charge < -0.3 is 10.1 Å². The number of rotatable bonds is 5. The fourth-order valence-corrected chi connectivity index (χ4v) is 3.80. The van der Waals surface area contributed by atoms with Gasteiger partial charge in [0.1, 0.15) is 0 Å². The van der Waals surface area contributed by atoms with Crippen molar-refractivity contribution in [1.82, 2.24) is 5.32 Å². The monoisotopic (exact) mass is 344 g/mol. The van der Waals surface area contributed by atoms with Gasteiger partial charge in [-0.1, -0.05) is 17.7 Å². The molecule has 1 aliphatic rings. The second-order valence-corrected chi connectivity index (χ2v) is 7.57. The first-order valence-corrected chi connectivity index (χ1v) is 8.95. The molecule has 1 unspecified atom stereocenters. The van der Waals surface area contributed by atoms with Gasteiger partial charge in [-0.3, -0.25) is 4.72 Å². The first-order chi connectivity index (χ1) is 10.4. The molecule has 22 heavy (non-hydrogen) atoms. The van der Waals surface area contributed by atoms with E-state index in [2.05, 4.69) is 10.0 Å². The van der Waals surface area contributed by atoms with Crippen LogP contribution in [0, 0.1) is 0 Å². The molecule has 1 aliphatic heterocycles. The Morgan fingerprint density at radius 1 is 1.36 bits per heavy atom. The zero-order chi connectivity index (χ0) is 16.3. The van der Waals surface area contributed by atoms with E-state index in [4.69, 9.17) is 16.3 Å². The summed E-state index contributed by atoms with van der Waals surface area (Å²) >= 11 is 6.00. The van der Waals surface area contributed by atoms with Crippen LogP contribution in [0.4, 0.5) is 5.69 Å². The zero-order valence-electron chi connectivity index (χ0n) is 12.9. The third-order valence-corrected chi connectivity index (χ3v) is 5.69. The molecule has 0 aromatic heterocycles. The van der Waals surface area contributed by atoms with E-state index in [9.17, 15) is 8.42 Å². The number of fused-ring (bicyclic) bond motifs is 1. The average Bonchev–Trinajstić information content (AvgIpc) is 2.52. The molecule has 0 bridgehead atoms. The third-order valence-electron chi connectivity index (χ3n) is 3.84. The summed E-state index contributed by atoms with van der Waals surface area (Å²) in [6, 6.07) is 5.10. The van der Waals surface area contributed by atoms with Crippen molar-refractivity contribution in [3.05, 3.63) is 39.3 Å². The SMILES string of the molecule is COCCCNC1C(C)=C(C)S(=O)(=O)Nc2cc(Cl)ccc21. The Labute approximate surface area is 136 Å². The van der Waals surface area contributed by atoms with Gasteiger partial charge in [0.2, 0.25) is 0 Å². The number of anilines is 1. The van der Waals surface area contributed by atoms with Crippen LogP contribution in [0.1, 0.15) is 31.9 Å². The summed E-state index contributed by atoms with van der Waals surface area (Å²) in [4.78, 5) is 0.337. The maximum Gasteiger partial charge on any atom is 0.257 e. The molecule has 0 aliphatic carbocycles. The molecule has 0 saturated carbocycles. The van der Waals surface area contributed by atoms with Crippen LogP contribution in [0.25, 0.3) is 0 Å². The van der Waals surface area contributed by atoms with Crippen LogP contribution in [0.5, 0.6) is 0 Å². The van der Waals surface area contributed by atoms with Gasteiger partial charge in [0.05, 0.1) is 16.6 Å². The Morgan fingerprint density at radius 2 is 2.09 bits per heavy atom. The summed E-state index contributed by atoms with van der Waals surface area (Å²) in [6.45, 7) is 4.85. The van der Waals surface area contributed by atoms with Crippen LogP contribution in [-0.2, 0) is 14.8 Å². The van der Waals surface area contributed by atoms with Crippen molar-refractivity contribution < 1.29 is 13.2 Å². The van der Waals surface area contributed by atoms with Crippen LogP contribution >= 0.6 is 11.6 Å². The number of hydrogen-bond acceptors (Lipinski definition) is 4. The van der Waals surface area contributed by atoms with Crippen molar-refractivity contribution in [3.8, 4) is 0 Å². The fraction of sp³-hybridized carbons (Fsp3) is 0.467. The molecular formula is C15H21ClN2O3S. The highest BCUT2D eigenvalue weighted by molar-refractivity contribution is 7.96. The molecule has 1 heterocycles. The summed E-state index contributed by atoms with van der Waals surface area (Å²) in [5.41, 5.74) is 2.18. The summed E-state index contributed by atoms with van der Waals surface area (Å²) < 4.78 is 32.4. The van der Waals surface area contributed by atoms with Crippen LogP contribution in [-0.4, -0.2) is 28.7 Å². The third kappa shape index (κ3) is 3.63. The van der Waals surface area contributed by atoms with Gasteiger partial charge in [0.15, 0.2) is 0 Å². The van der Waals surface area contributed by atoms with E-state index in [0.717, 1.165) is 24.1 Å². The summed E-state index contributed by atoms with van der Waals surface area (Å²) in [7, 11) is -1.88. The number of benzene rings is 1. The van der Waals surface area contributed by atoms with Gasteiger partial charge in [-0.05, 0) is 50.1 Å².